The number of carbonyl (C=O) groups is 1. The molecule has 0 aromatic heterocycles. The molecule has 2 saturated heterocycles. The van der Waals surface area contributed by atoms with E-state index in [9.17, 15) is 13.2 Å². The van der Waals surface area contributed by atoms with E-state index in [0.29, 0.717) is 43.2 Å². The molecule has 0 radical (unpaired) electrons. The fourth-order valence-corrected chi connectivity index (χ4v) is 5.59. The van der Waals surface area contributed by atoms with E-state index in [1.165, 1.54) is 0 Å². The van der Waals surface area contributed by atoms with Gasteiger partial charge in [-0.3, -0.25) is 14.6 Å². The van der Waals surface area contributed by atoms with E-state index in [4.69, 9.17) is 4.74 Å². The Bertz CT molecular complexity index is 1000. The summed E-state index contributed by atoms with van der Waals surface area (Å²) in [6, 6.07) is 16.3. The van der Waals surface area contributed by atoms with Crippen molar-refractivity contribution in [2.24, 2.45) is 0 Å². The van der Waals surface area contributed by atoms with Crippen LogP contribution in [0.25, 0.3) is 0 Å². The lowest BCUT2D eigenvalue weighted by molar-refractivity contribution is 0.0383. The Balaban J connectivity index is 1.22. The summed E-state index contributed by atoms with van der Waals surface area (Å²) >= 11 is 0. The van der Waals surface area contributed by atoms with Crippen LogP contribution in [0, 0.1) is 0 Å². The molecule has 0 bridgehead atoms. The van der Waals surface area contributed by atoms with Crippen molar-refractivity contribution >= 4 is 15.9 Å². The van der Waals surface area contributed by atoms with Gasteiger partial charge in [0.2, 0.25) is 10.0 Å². The van der Waals surface area contributed by atoms with Gasteiger partial charge < -0.3 is 10.1 Å². The molecule has 2 fully saturated rings. The first-order valence-electron chi connectivity index (χ1n) is 11.5. The highest BCUT2D eigenvalue weighted by Gasteiger charge is 2.28. The number of hydrogen-bond acceptors (Lipinski definition) is 6. The Kier molecular flexibility index (Phi) is 8.11. The first-order chi connectivity index (χ1) is 16.0. The third-order valence-corrected chi connectivity index (χ3v) is 8.06. The van der Waals surface area contributed by atoms with Crippen molar-refractivity contribution in [1.29, 1.82) is 0 Å². The van der Waals surface area contributed by atoms with E-state index in [1.807, 2.05) is 30.3 Å². The van der Waals surface area contributed by atoms with Gasteiger partial charge in [-0.2, -0.15) is 4.31 Å². The topological polar surface area (TPSA) is 82.2 Å². The number of rotatable bonds is 8. The van der Waals surface area contributed by atoms with Crippen molar-refractivity contribution in [2.75, 3.05) is 65.6 Å². The summed E-state index contributed by atoms with van der Waals surface area (Å²) in [7, 11) is -3.44. The zero-order valence-corrected chi connectivity index (χ0v) is 19.7. The van der Waals surface area contributed by atoms with Gasteiger partial charge >= 0.3 is 0 Å². The molecule has 2 aliphatic heterocycles. The maximum atomic E-state index is 12.8. The summed E-state index contributed by atoms with van der Waals surface area (Å²) in [5.74, 6) is -0.0606. The molecule has 0 unspecified atom stereocenters. The van der Waals surface area contributed by atoms with E-state index < -0.39 is 10.0 Å². The first kappa shape index (κ1) is 23.8. The van der Waals surface area contributed by atoms with Crippen LogP contribution in [0.5, 0.6) is 0 Å². The smallest absolute Gasteiger partial charge is 0.251 e. The minimum Gasteiger partial charge on any atom is -0.379 e. The Morgan fingerprint density at radius 2 is 1.52 bits per heavy atom. The Morgan fingerprint density at radius 1 is 0.848 bits per heavy atom. The summed E-state index contributed by atoms with van der Waals surface area (Å²) in [6.45, 7) is 7.83. The molecule has 2 aliphatic rings. The Hall–Kier alpha value is -2.30. The van der Waals surface area contributed by atoms with Crippen LogP contribution < -0.4 is 5.32 Å². The number of benzene rings is 2. The van der Waals surface area contributed by atoms with Gasteiger partial charge in [0.05, 0.1) is 18.1 Å². The molecule has 2 heterocycles. The number of nitrogens with one attached hydrogen (secondary N) is 1. The summed E-state index contributed by atoms with van der Waals surface area (Å²) < 4.78 is 32.5. The van der Waals surface area contributed by atoms with Crippen LogP contribution in [-0.4, -0.2) is 94.0 Å². The van der Waals surface area contributed by atoms with Crippen molar-refractivity contribution in [3.63, 3.8) is 0 Å². The van der Waals surface area contributed by atoms with Crippen LogP contribution in [0.3, 0.4) is 0 Å². The Labute approximate surface area is 196 Å². The normalized spacial score (nSPS) is 18.8. The standard InChI is InChI=1S/C24H32N4O4S/c29-24(25-10-11-26-16-18-32-19-17-26)22-8-6-21(7-9-22)20-27-12-14-28(15-13-27)33(30,31)23-4-2-1-3-5-23/h1-9H,10-20H2,(H,25,29). The largest absolute Gasteiger partial charge is 0.379 e. The molecule has 178 valence electrons. The first-order valence-corrected chi connectivity index (χ1v) is 12.9. The molecule has 0 atom stereocenters. The van der Waals surface area contributed by atoms with Gasteiger partial charge in [-0.15, -0.1) is 0 Å². The second-order valence-corrected chi connectivity index (χ2v) is 10.3. The number of amides is 1. The van der Waals surface area contributed by atoms with E-state index in [1.54, 1.807) is 28.6 Å². The number of hydrogen-bond donors (Lipinski definition) is 1. The second-order valence-electron chi connectivity index (χ2n) is 8.40. The van der Waals surface area contributed by atoms with E-state index >= 15 is 0 Å². The second kappa shape index (κ2) is 11.2. The van der Waals surface area contributed by atoms with Crippen LogP contribution in [0.15, 0.2) is 59.5 Å². The molecular formula is C24H32N4O4S. The lowest BCUT2D eigenvalue weighted by Crippen LogP contribution is -2.48. The molecule has 1 N–H and O–H groups in total. The van der Waals surface area contributed by atoms with Crippen molar-refractivity contribution in [3.8, 4) is 0 Å². The summed E-state index contributed by atoms with van der Waals surface area (Å²) in [6.07, 6.45) is 0. The van der Waals surface area contributed by atoms with E-state index in [0.717, 1.165) is 45.0 Å². The minimum atomic E-state index is -3.44. The number of carbonyl (C=O) groups excluding carboxylic acids is 1. The maximum absolute atomic E-state index is 12.8. The van der Waals surface area contributed by atoms with Crippen LogP contribution in [0.4, 0.5) is 0 Å². The van der Waals surface area contributed by atoms with Gasteiger partial charge in [-0.1, -0.05) is 30.3 Å². The van der Waals surface area contributed by atoms with Crippen molar-refractivity contribution < 1.29 is 17.9 Å². The van der Waals surface area contributed by atoms with Gasteiger partial charge in [0, 0.05) is 64.5 Å². The molecular weight excluding hydrogens is 440 g/mol. The fourth-order valence-electron chi connectivity index (χ4n) is 4.14. The lowest BCUT2D eigenvalue weighted by atomic mass is 10.1. The highest BCUT2D eigenvalue weighted by Crippen LogP contribution is 2.18. The van der Waals surface area contributed by atoms with Gasteiger partial charge in [0.25, 0.3) is 5.91 Å². The zero-order chi connectivity index (χ0) is 23.1. The highest BCUT2D eigenvalue weighted by molar-refractivity contribution is 7.89. The molecule has 9 heteroatoms. The SMILES string of the molecule is O=C(NCCN1CCOCC1)c1ccc(CN2CCN(S(=O)(=O)c3ccccc3)CC2)cc1. The molecule has 8 nitrogen and oxygen atoms in total. The van der Waals surface area contributed by atoms with Crippen LogP contribution in [-0.2, 0) is 21.3 Å². The Morgan fingerprint density at radius 3 is 2.18 bits per heavy atom. The summed E-state index contributed by atoms with van der Waals surface area (Å²) in [5.41, 5.74) is 1.76. The van der Waals surface area contributed by atoms with Crippen molar-refractivity contribution in [2.45, 2.75) is 11.4 Å². The van der Waals surface area contributed by atoms with Gasteiger partial charge in [-0.25, -0.2) is 8.42 Å². The monoisotopic (exact) mass is 472 g/mol. The molecule has 0 saturated carbocycles. The zero-order valence-electron chi connectivity index (χ0n) is 18.9. The molecule has 1 amide bonds. The van der Waals surface area contributed by atoms with Crippen LogP contribution >= 0.6 is 0 Å². The van der Waals surface area contributed by atoms with Crippen molar-refractivity contribution in [1.82, 2.24) is 19.4 Å². The molecule has 0 aliphatic carbocycles. The lowest BCUT2D eigenvalue weighted by Gasteiger charge is -2.34. The molecule has 0 spiro atoms. The van der Waals surface area contributed by atoms with Gasteiger partial charge in [0.1, 0.15) is 0 Å². The van der Waals surface area contributed by atoms with E-state index in [-0.39, 0.29) is 5.91 Å². The number of piperazine rings is 1. The third kappa shape index (κ3) is 6.39. The number of sulfonamides is 1. The minimum absolute atomic E-state index is 0.0606. The maximum Gasteiger partial charge on any atom is 0.251 e. The van der Waals surface area contributed by atoms with Gasteiger partial charge in [0.15, 0.2) is 0 Å². The predicted octanol–water partition coefficient (Wildman–Crippen LogP) is 1.26. The molecule has 2 aromatic rings. The highest BCUT2D eigenvalue weighted by atomic mass is 32.2. The fraction of sp³-hybridized carbons (Fsp3) is 0.458. The number of nitrogens with zero attached hydrogens (tertiary/aromatic N) is 3. The molecule has 33 heavy (non-hydrogen) atoms. The summed E-state index contributed by atoms with van der Waals surface area (Å²) in [5, 5.41) is 2.99. The third-order valence-electron chi connectivity index (χ3n) is 6.15. The van der Waals surface area contributed by atoms with Crippen LogP contribution in [0.2, 0.25) is 0 Å². The number of morpholine rings is 1. The average molecular weight is 473 g/mol. The van der Waals surface area contributed by atoms with Crippen molar-refractivity contribution in [3.05, 3.63) is 65.7 Å². The number of ether oxygens (including phenoxy) is 1. The average Bonchev–Trinajstić information content (AvgIpc) is 2.86. The molecule has 2 aromatic carbocycles. The summed E-state index contributed by atoms with van der Waals surface area (Å²) in [4.78, 5) is 17.3. The molecule has 4 rings (SSSR count). The quantitative estimate of drug-likeness (QED) is 0.623. The van der Waals surface area contributed by atoms with Crippen LogP contribution in [0.1, 0.15) is 15.9 Å². The predicted molar refractivity (Wildman–Crippen MR) is 127 cm³/mol. The van der Waals surface area contributed by atoms with E-state index in [2.05, 4.69) is 15.1 Å². The van der Waals surface area contributed by atoms with Gasteiger partial charge in [-0.05, 0) is 29.8 Å².